The summed E-state index contributed by atoms with van der Waals surface area (Å²) in [6.45, 7) is 1.54. The monoisotopic (exact) mass is 345 g/mol. The van der Waals surface area contributed by atoms with Crippen LogP contribution >= 0.6 is 11.3 Å². The molecule has 0 aliphatic rings. The van der Waals surface area contributed by atoms with Crippen LogP contribution < -0.4 is 5.32 Å². The number of amides is 1. The van der Waals surface area contributed by atoms with Crippen molar-refractivity contribution in [2.45, 2.75) is 26.1 Å². The Morgan fingerprint density at radius 2 is 2.17 bits per heavy atom. The van der Waals surface area contributed by atoms with E-state index >= 15 is 0 Å². The molecule has 0 saturated heterocycles. The summed E-state index contributed by atoms with van der Waals surface area (Å²) >= 11 is 1.20. The molecule has 1 amide bonds. The summed E-state index contributed by atoms with van der Waals surface area (Å²) in [6.07, 6.45) is -4.07. The van der Waals surface area contributed by atoms with Gasteiger partial charge >= 0.3 is 6.18 Å². The zero-order valence-electron chi connectivity index (χ0n) is 12.3. The zero-order valence-corrected chi connectivity index (χ0v) is 13.2. The summed E-state index contributed by atoms with van der Waals surface area (Å²) in [5.41, 5.74) is 1.39. The summed E-state index contributed by atoms with van der Waals surface area (Å²) in [7, 11) is 0. The minimum absolute atomic E-state index is 0.288. The van der Waals surface area contributed by atoms with Crippen LogP contribution in [0.2, 0.25) is 0 Å². The Morgan fingerprint density at radius 1 is 1.43 bits per heavy atom. The number of hydrogen-bond donors (Lipinski definition) is 1. The maximum absolute atomic E-state index is 12.1. The molecule has 0 aromatic carbocycles. The molecule has 9 heteroatoms. The van der Waals surface area contributed by atoms with Gasteiger partial charge in [-0.05, 0) is 26.0 Å². The average Bonchev–Trinajstić information content (AvgIpc) is 2.85. The summed E-state index contributed by atoms with van der Waals surface area (Å²) < 4.78 is 40.7. The van der Waals surface area contributed by atoms with Crippen molar-refractivity contribution in [3.8, 4) is 10.6 Å². The molecule has 2 rings (SSSR count). The molecule has 1 N–H and O–H groups in total. The molecule has 0 aliphatic heterocycles. The number of hydrogen-bond acceptors (Lipinski definition) is 5. The largest absolute Gasteiger partial charge is 0.411 e. The van der Waals surface area contributed by atoms with Crippen LogP contribution in [0, 0.1) is 6.92 Å². The Labute approximate surface area is 134 Å². The van der Waals surface area contributed by atoms with Gasteiger partial charge in [0.1, 0.15) is 12.7 Å². The number of carbonyl (C=O) groups excluding carboxylic acids is 1. The molecule has 23 heavy (non-hydrogen) atoms. The van der Waals surface area contributed by atoms with Gasteiger partial charge in [0.05, 0.1) is 16.3 Å². The second-order valence-corrected chi connectivity index (χ2v) is 5.71. The standard InChI is InChI=1S/C14H14F3N3O2S/c1-8-11(10-5-3-4-6-18-10)23-13(19-8)20-12(21)9(2)22-7-14(15,16)17/h3-6,9H,7H2,1-2H3,(H,19,20,21)/t9-/m1/s1. The number of thiazole rings is 1. The van der Waals surface area contributed by atoms with E-state index in [0.717, 1.165) is 4.88 Å². The topological polar surface area (TPSA) is 64.1 Å². The Morgan fingerprint density at radius 3 is 2.78 bits per heavy atom. The highest BCUT2D eigenvalue weighted by atomic mass is 32.1. The predicted octanol–water partition coefficient (Wildman–Crippen LogP) is 3.42. The number of carbonyl (C=O) groups is 1. The maximum atomic E-state index is 12.1. The quantitative estimate of drug-likeness (QED) is 0.902. The van der Waals surface area contributed by atoms with Crippen molar-refractivity contribution in [3.63, 3.8) is 0 Å². The first-order valence-corrected chi connectivity index (χ1v) is 7.46. The van der Waals surface area contributed by atoms with Gasteiger partial charge < -0.3 is 4.74 Å². The van der Waals surface area contributed by atoms with Gasteiger partial charge in [0, 0.05) is 6.20 Å². The van der Waals surface area contributed by atoms with Gasteiger partial charge in [-0.25, -0.2) is 4.98 Å². The fourth-order valence-electron chi connectivity index (χ4n) is 1.69. The van der Waals surface area contributed by atoms with Gasteiger partial charge in [0.2, 0.25) is 0 Å². The SMILES string of the molecule is Cc1nc(NC(=O)[C@@H](C)OCC(F)(F)F)sc1-c1ccccn1. The number of aryl methyl sites for hydroxylation is 1. The summed E-state index contributed by atoms with van der Waals surface area (Å²) in [6, 6.07) is 5.41. The van der Waals surface area contributed by atoms with Gasteiger partial charge in [-0.15, -0.1) is 0 Å². The number of anilines is 1. The second kappa shape index (κ2) is 7.05. The lowest BCUT2D eigenvalue weighted by molar-refractivity contribution is -0.184. The highest BCUT2D eigenvalue weighted by Crippen LogP contribution is 2.31. The molecule has 0 fully saturated rings. The Hall–Kier alpha value is -2.00. The van der Waals surface area contributed by atoms with Crippen LogP contribution in [0.1, 0.15) is 12.6 Å². The fourth-order valence-corrected chi connectivity index (χ4v) is 2.63. The molecule has 0 unspecified atom stereocenters. The number of alkyl halides is 3. The van der Waals surface area contributed by atoms with Crippen LogP contribution in [0.3, 0.4) is 0 Å². The Kier molecular flexibility index (Phi) is 5.32. The van der Waals surface area contributed by atoms with Gasteiger partial charge in [-0.1, -0.05) is 17.4 Å². The lowest BCUT2D eigenvalue weighted by atomic mass is 10.3. The van der Waals surface area contributed by atoms with Crippen LogP contribution in [0.15, 0.2) is 24.4 Å². The van der Waals surface area contributed by atoms with E-state index in [9.17, 15) is 18.0 Å². The van der Waals surface area contributed by atoms with Crippen molar-refractivity contribution >= 4 is 22.4 Å². The number of nitrogens with zero attached hydrogens (tertiary/aromatic N) is 2. The van der Waals surface area contributed by atoms with Crippen molar-refractivity contribution in [3.05, 3.63) is 30.1 Å². The van der Waals surface area contributed by atoms with Crippen LogP contribution in [0.5, 0.6) is 0 Å². The van der Waals surface area contributed by atoms with Crippen LogP contribution in [0.25, 0.3) is 10.6 Å². The third-order valence-corrected chi connectivity index (χ3v) is 3.89. The average molecular weight is 345 g/mol. The summed E-state index contributed by atoms with van der Waals surface area (Å²) in [5.74, 6) is -0.685. The summed E-state index contributed by atoms with van der Waals surface area (Å²) in [4.78, 5) is 21.0. The van der Waals surface area contributed by atoms with E-state index in [1.54, 1.807) is 25.3 Å². The van der Waals surface area contributed by atoms with E-state index in [1.807, 2.05) is 6.07 Å². The molecule has 0 bridgehead atoms. The molecular weight excluding hydrogens is 331 g/mol. The third kappa shape index (κ3) is 5.00. The van der Waals surface area contributed by atoms with Crippen LogP contribution in [-0.4, -0.2) is 34.8 Å². The molecule has 2 aromatic rings. The Balaban J connectivity index is 2.02. The van der Waals surface area contributed by atoms with Crippen molar-refractivity contribution < 1.29 is 22.7 Å². The van der Waals surface area contributed by atoms with E-state index in [-0.39, 0.29) is 5.13 Å². The molecule has 5 nitrogen and oxygen atoms in total. The minimum Gasteiger partial charge on any atom is -0.359 e. The number of ether oxygens (including phenoxy) is 1. The number of halogens is 3. The van der Waals surface area contributed by atoms with Gasteiger partial charge in [-0.3, -0.25) is 15.1 Å². The number of pyridine rings is 1. The lowest BCUT2D eigenvalue weighted by Crippen LogP contribution is -2.31. The molecule has 0 aliphatic carbocycles. The number of aromatic nitrogens is 2. The Bertz CT molecular complexity index is 674. The smallest absolute Gasteiger partial charge is 0.359 e. The molecular formula is C14H14F3N3O2S. The molecule has 2 heterocycles. The van der Waals surface area contributed by atoms with Gasteiger partial charge in [0.15, 0.2) is 5.13 Å². The first kappa shape index (κ1) is 17.4. The molecule has 0 radical (unpaired) electrons. The van der Waals surface area contributed by atoms with Crippen molar-refractivity contribution in [2.75, 3.05) is 11.9 Å². The van der Waals surface area contributed by atoms with E-state index < -0.39 is 24.8 Å². The molecule has 0 saturated carbocycles. The lowest BCUT2D eigenvalue weighted by Gasteiger charge is -2.13. The highest BCUT2D eigenvalue weighted by Gasteiger charge is 2.30. The van der Waals surface area contributed by atoms with E-state index in [0.29, 0.717) is 11.4 Å². The van der Waals surface area contributed by atoms with Gasteiger partial charge in [-0.2, -0.15) is 13.2 Å². The highest BCUT2D eigenvalue weighted by molar-refractivity contribution is 7.19. The van der Waals surface area contributed by atoms with Crippen molar-refractivity contribution in [1.82, 2.24) is 9.97 Å². The van der Waals surface area contributed by atoms with Crippen molar-refractivity contribution in [2.24, 2.45) is 0 Å². The number of nitrogens with one attached hydrogen (secondary N) is 1. The van der Waals surface area contributed by atoms with Gasteiger partial charge in [0.25, 0.3) is 5.91 Å². The molecule has 1 atom stereocenters. The first-order chi connectivity index (χ1) is 10.8. The number of rotatable bonds is 5. The van der Waals surface area contributed by atoms with E-state index in [4.69, 9.17) is 0 Å². The molecule has 124 valence electrons. The second-order valence-electron chi connectivity index (χ2n) is 4.71. The minimum atomic E-state index is -4.47. The van der Waals surface area contributed by atoms with E-state index in [1.165, 1.54) is 18.3 Å². The predicted molar refractivity (Wildman–Crippen MR) is 80.2 cm³/mol. The van der Waals surface area contributed by atoms with Crippen molar-refractivity contribution in [1.29, 1.82) is 0 Å². The zero-order chi connectivity index (χ0) is 17.0. The maximum Gasteiger partial charge on any atom is 0.411 e. The van der Waals surface area contributed by atoms with Crippen LogP contribution in [0.4, 0.5) is 18.3 Å². The normalized spacial score (nSPS) is 12.9. The molecule has 2 aromatic heterocycles. The first-order valence-electron chi connectivity index (χ1n) is 6.64. The van der Waals surface area contributed by atoms with Crippen LogP contribution in [-0.2, 0) is 9.53 Å². The van der Waals surface area contributed by atoms with E-state index in [2.05, 4.69) is 20.0 Å². The summed E-state index contributed by atoms with van der Waals surface area (Å²) in [5, 5.41) is 2.74. The molecule has 0 spiro atoms. The fraction of sp³-hybridized carbons (Fsp3) is 0.357. The third-order valence-electron chi connectivity index (χ3n) is 2.79.